The van der Waals surface area contributed by atoms with Gasteiger partial charge in [-0.25, -0.2) is 4.98 Å². The van der Waals surface area contributed by atoms with Crippen LogP contribution in [0.5, 0.6) is 5.88 Å². The zero-order valence-electron chi connectivity index (χ0n) is 12.5. The Kier molecular flexibility index (Phi) is 6.87. The standard InChI is InChI=1S/C15H15BCl2N2O4/c17-11-7-12(18)15(19-8-11)24-9-14(21)20-13(16(22)23)6-10-4-2-1-3-5-10/h1-5,7-8,13,22-23H,6,9H2,(H,20,21)/t13-/m0/s1. The zero-order valence-corrected chi connectivity index (χ0v) is 14.0. The molecule has 2 aromatic rings. The lowest BCUT2D eigenvalue weighted by molar-refractivity contribution is -0.123. The van der Waals surface area contributed by atoms with Crippen molar-refractivity contribution < 1.29 is 19.6 Å². The van der Waals surface area contributed by atoms with E-state index >= 15 is 0 Å². The number of pyridine rings is 1. The van der Waals surface area contributed by atoms with Gasteiger partial charge in [0.15, 0.2) is 6.61 Å². The summed E-state index contributed by atoms with van der Waals surface area (Å²) >= 11 is 11.6. The van der Waals surface area contributed by atoms with Crippen molar-refractivity contribution in [2.24, 2.45) is 0 Å². The predicted octanol–water partition coefficient (Wildman–Crippen LogP) is 1.51. The van der Waals surface area contributed by atoms with Crippen LogP contribution >= 0.6 is 23.2 Å². The maximum absolute atomic E-state index is 11.9. The van der Waals surface area contributed by atoms with Gasteiger partial charge in [0.25, 0.3) is 5.91 Å². The molecule has 0 unspecified atom stereocenters. The largest absolute Gasteiger partial charge is 0.475 e. The molecule has 0 spiro atoms. The minimum atomic E-state index is -1.70. The van der Waals surface area contributed by atoms with Gasteiger partial charge in [-0.3, -0.25) is 4.79 Å². The molecule has 0 aliphatic heterocycles. The van der Waals surface area contributed by atoms with Gasteiger partial charge in [0.2, 0.25) is 5.88 Å². The second-order valence-electron chi connectivity index (χ2n) is 5.01. The van der Waals surface area contributed by atoms with E-state index in [1.54, 1.807) is 0 Å². The van der Waals surface area contributed by atoms with Gasteiger partial charge in [0.05, 0.1) is 11.0 Å². The lowest BCUT2D eigenvalue weighted by Gasteiger charge is -2.18. The highest BCUT2D eigenvalue weighted by molar-refractivity contribution is 6.43. The van der Waals surface area contributed by atoms with Gasteiger partial charge in [-0.15, -0.1) is 0 Å². The molecular weight excluding hydrogens is 354 g/mol. The number of rotatable bonds is 7. The number of nitrogens with zero attached hydrogens (tertiary/aromatic N) is 1. The second kappa shape index (κ2) is 8.89. The van der Waals surface area contributed by atoms with Crippen LogP contribution in [0.2, 0.25) is 10.0 Å². The highest BCUT2D eigenvalue weighted by Gasteiger charge is 2.25. The monoisotopic (exact) mass is 368 g/mol. The first-order valence-corrected chi connectivity index (χ1v) is 7.84. The number of nitrogens with one attached hydrogen (secondary N) is 1. The Labute approximate surface area is 149 Å². The molecule has 24 heavy (non-hydrogen) atoms. The summed E-state index contributed by atoms with van der Waals surface area (Å²) in [7, 11) is -1.70. The molecule has 1 aromatic carbocycles. The van der Waals surface area contributed by atoms with Crippen LogP contribution < -0.4 is 10.1 Å². The van der Waals surface area contributed by atoms with Gasteiger partial charge in [0.1, 0.15) is 5.02 Å². The summed E-state index contributed by atoms with van der Waals surface area (Å²) in [5, 5.41) is 21.9. The average molecular weight is 369 g/mol. The van der Waals surface area contributed by atoms with Crippen molar-refractivity contribution in [1.82, 2.24) is 10.3 Å². The zero-order chi connectivity index (χ0) is 17.5. The van der Waals surface area contributed by atoms with E-state index in [9.17, 15) is 14.8 Å². The molecule has 1 amide bonds. The molecule has 0 aliphatic carbocycles. The fourth-order valence-electron chi connectivity index (χ4n) is 1.99. The van der Waals surface area contributed by atoms with Crippen LogP contribution in [0.1, 0.15) is 5.56 Å². The van der Waals surface area contributed by atoms with E-state index in [-0.39, 0.29) is 23.9 Å². The first kappa shape index (κ1) is 18.5. The van der Waals surface area contributed by atoms with Crippen LogP contribution in [-0.4, -0.2) is 40.6 Å². The molecular formula is C15H15BCl2N2O4. The van der Waals surface area contributed by atoms with Crippen LogP contribution in [0, 0.1) is 0 Å². The molecule has 1 atom stereocenters. The molecule has 0 saturated carbocycles. The van der Waals surface area contributed by atoms with Crippen molar-refractivity contribution in [2.75, 3.05) is 6.61 Å². The van der Waals surface area contributed by atoms with E-state index in [0.29, 0.717) is 5.02 Å². The van der Waals surface area contributed by atoms with Crippen molar-refractivity contribution in [1.29, 1.82) is 0 Å². The van der Waals surface area contributed by atoms with Gasteiger partial charge in [-0.1, -0.05) is 53.5 Å². The Morgan fingerprint density at radius 2 is 2.00 bits per heavy atom. The minimum Gasteiger partial charge on any atom is -0.467 e. The summed E-state index contributed by atoms with van der Waals surface area (Å²) in [6, 6.07) is 10.6. The number of hydrogen-bond donors (Lipinski definition) is 3. The molecule has 126 valence electrons. The van der Waals surface area contributed by atoms with E-state index in [1.165, 1.54) is 12.3 Å². The van der Waals surface area contributed by atoms with Gasteiger partial charge in [-0.2, -0.15) is 0 Å². The summed E-state index contributed by atoms with van der Waals surface area (Å²) in [5.74, 6) is -1.32. The summed E-state index contributed by atoms with van der Waals surface area (Å²) in [6.45, 7) is -0.369. The van der Waals surface area contributed by atoms with E-state index in [2.05, 4.69) is 10.3 Å². The smallest absolute Gasteiger partial charge is 0.467 e. The molecule has 6 nitrogen and oxygen atoms in total. The van der Waals surface area contributed by atoms with E-state index < -0.39 is 19.0 Å². The lowest BCUT2D eigenvalue weighted by Crippen LogP contribution is -2.49. The Morgan fingerprint density at radius 3 is 2.62 bits per heavy atom. The fourth-order valence-corrected chi connectivity index (χ4v) is 2.42. The normalized spacial score (nSPS) is 11.7. The number of aromatic nitrogens is 1. The van der Waals surface area contributed by atoms with Crippen molar-refractivity contribution in [3.63, 3.8) is 0 Å². The van der Waals surface area contributed by atoms with Crippen LogP contribution in [0.4, 0.5) is 0 Å². The number of carbonyl (C=O) groups is 1. The number of benzene rings is 1. The fraction of sp³-hybridized carbons (Fsp3) is 0.200. The van der Waals surface area contributed by atoms with Crippen molar-refractivity contribution in [2.45, 2.75) is 12.4 Å². The SMILES string of the molecule is O=C(COc1ncc(Cl)cc1Cl)N[C@@H](Cc1ccccc1)B(O)O. The van der Waals surface area contributed by atoms with Crippen LogP contribution in [0.25, 0.3) is 0 Å². The van der Waals surface area contributed by atoms with Crippen molar-refractivity contribution in [3.8, 4) is 5.88 Å². The topological polar surface area (TPSA) is 91.7 Å². The minimum absolute atomic E-state index is 0.0698. The molecule has 0 bridgehead atoms. The van der Waals surface area contributed by atoms with Crippen molar-refractivity contribution in [3.05, 3.63) is 58.2 Å². The van der Waals surface area contributed by atoms with Crippen LogP contribution in [-0.2, 0) is 11.2 Å². The molecule has 0 saturated heterocycles. The Bertz CT molecular complexity index is 688. The molecule has 1 heterocycles. The number of ether oxygens (including phenoxy) is 1. The molecule has 3 N–H and O–H groups in total. The predicted molar refractivity (Wildman–Crippen MR) is 92.0 cm³/mol. The highest BCUT2D eigenvalue weighted by Crippen LogP contribution is 2.24. The Balaban J connectivity index is 1.91. The van der Waals surface area contributed by atoms with Gasteiger partial charge < -0.3 is 20.1 Å². The van der Waals surface area contributed by atoms with Gasteiger partial charge in [-0.05, 0) is 18.1 Å². The van der Waals surface area contributed by atoms with Crippen LogP contribution in [0.15, 0.2) is 42.6 Å². The van der Waals surface area contributed by atoms with E-state index in [0.717, 1.165) is 5.56 Å². The molecule has 0 radical (unpaired) electrons. The van der Waals surface area contributed by atoms with Crippen LogP contribution in [0.3, 0.4) is 0 Å². The molecule has 0 aliphatic rings. The lowest BCUT2D eigenvalue weighted by atomic mass is 9.76. The highest BCUT2D eigenvalue weighted by atomic mass is 35.5. The van der Waals surface area contributed by atoms with Crippen molar-refractivity contribution >= 4 is 36.2 Å². The van der Waals surface area contributed by atoms with E-state index in [4.69, 9.17) is 27.9 Å². The summed E-state index contributed by atoms with van der Waals surface area (Å²) < 4.78 is 5.21. The molecule has 2 rings (SSSR count). The molecule has 0 fully saturated rings. The summed E-state index contributed by atoms with van der Waals surface area (Å²) in [4.78, 5) is 15.8. The third-order valence-electron chi connectivity index (χ3n) is 3.12. The number of carbonyl (C=O) groups excluding carboxylic acids is 1. The number of amides is 1. The first-order chi connectivity index (χ1) is 11.5. The van der Waals surface area contributed by atoms with E-state index in [1.807, 2.05) is 30.3 Å². The maximum Gasteiger partial charge on any atom is 0.475 e. The third-order valence-corrected chi connectivity index (χ3v) is 3.60. The summed E-state index contributed by atoms with van der Waals surface area (Å²) in [5.41, 5.74) is 0.860. The Morgan fingerprint density at radius 1 is 1.29 bits per heavy atom. The maximum atomic E-state index is 11.9. The molecule has 1 aromatic heterocycles. The first-order valence-electron chi connectivity index (χ1n) is 7.09. The second-order valence-corrected chi connectivity index (χ2v) is 5.85. The number of hydrogen-bond acceptors (Lipinski definition) is 5. The summed E-state index contributed by atoms with van der Waals surface area (Å²) in [6.07, 6.45) is 1.61. The molecule has 9 heteroatoms. The number of halogens is 2. The van der Waals surface area contributed by atoms with Gasteiger partial charge >= 0.3 is 7.12 Å². The average Bonchev–Trinajstić information content (AvgIpc) is 2.54. The Hall–Kier alpha value is -1.80. The third kappa shape index (κ3) is 5.69. The quantitative estimate of drug-likeness (QED) is 0.644. The van der Waals surface area contributed by atoms with Gasteiger partial charge in [0, 0.05) is 6.20 Å².